The van der Waals surface area contributed by atoms with Crippen molar-refractivity contribution >= 4 is 0 Å². The van der Waals surface area contributed by atoms with E-state index in [4.69, 9.17) is 0 Å². The van der Waals surface area contributed by atoms with E-state index in [0.29, 0.717) is 11.8 Å². The van der Waals surface area contributed by atoms with Crippen molar-refractivity contribution in [3.63, 3.8) is 0 Å². The molecule has 0 aromatic rings. The van der Waals surface area contributed by atoms with Gasteiger partial charge in [0.15, 0.2) is 0 Å². The Bertz CT molecular complexity index is 62.6. The van der Waals surface area contributed by atoms with Crippen LogP contribution in [0.5, 0.6) is 0 Å². The molecule has 3 atom stereocenters. The summed E-state index contributed by atoms with van der Waals surface area (Å²) in [7, 11) is 0. The molecule has 0 radical (unpaired) electrons. The Morgan fingerprint density at radius 2 is 2.00 bits per heavy atom. The molecule has 0 saturated heterocycles. The largest absolute Gasteiger partial charge is 0.247 e. The molecular formula is C6H11F. The van der Waals surface area contributed by atoms with Gasteiger partial charge in [-0.3, -0.25) is 0 Å². The molecule has 1 rings (SSSR count). The Balaban J connectivity index is 2.29. The lowest BCUT2D eigenvalue weighted by molar-refractivity contribution is 0.0593. The van der Waals surface area contributed by atoms with E-state index in [1.165, 1.54) is 0 Å². The van der Waals surface area contributed by atoms with Crippen molar-refractivity contribution < 1.29 is 4.39 Å². The summed E-state index contributed by atoms with van der Waals surface area (Å²) in [5.41, 5.74) is 0. The predicted molar refractivity (Wildman–Crippen MR) is 27.8 cm³/mol. The van der Waals surface area contributed by atoms with Gasteiger partial charge in [0.25, 0.3) is 0 Å². The first kappa shape index (κ1) is 5.07. The molecule has 0 nitrogen and oxygen atoms in total. The highest BCUT2D eigenvalue weighted by molar-refractivity contribution is 4.82. The third-order valence-electron chi connectivity index (χ3n) is 2.07. The topological polar surface area (TPSA) is 0 Å². The van der Waals surface area contributed by atoms with Gasteiger partial charge >= 0.3 is 0 Å². The van der Waals surface area contributed by atoms with E-state index >= 15 is 0 Å². The summed E-state index contributed by atoms with van der Waals surface area (Å²) in [4.78, 5) is 0. The number of halogens is 1. The van der Waals surface area contributed by atoms with E-state index in [2.05, 4.69) is 6.92 Å². The second-order valence-electron chi connectivity index (χ2n) is 2.59. The molecule has 42 valence electrons. The monoisotopic (exact) mass is 102 g/mol. The first-order valence-electron chi connectivity index (χ1n) is 2.86. The minimum atomic E-state index is -0.491. The Hall–Kier alpha value is -0.0700. The molecule has 1 aliphatic rings. The molecule has 0 spiro atoms. The van der Waals surface area contributed by atoms with E-state index in [-0.39, 0.29) is 0 Å². The molecule has 0 bridgehead atoms. The second-order valence-corrected chi connectivity index (χ2v) is 2.59. The fourth-order valence-electron chi connectivity index (χ4n) is 0.945. The average Bonchev–Trinajstić information content (AvgIpc) is 1.68. The summed E-state index contributed by atoms with van der Waals surface area (Å²) in [6.07, 6.45) is 0.302. The van der Waals surface area contributed by atoms with Crippen LogP contribution in [0.3, 0.4) is 0 Å². The molecule has 1 saturated carbocycles. The molecule has 0 heterocycles. The minimum Gasteiger partial charge on any atom is -0.247 e. The van der Waals surface area contributed by atoms with Crippen molar-refractivity contribution in [3.8, 4) is 0 Å². The zero-order chi connectivity index (χ0) is 5.44. The molecule has 1 aliphatic carbocycles. The number of hydrogen-bond donors (Lipinski definition) is 0. The molecule has 1 heteroatoms. The highest BCUT2D eigenvalue weighted by atomic mass is 19.1. The van der Waals surface area contributed by atoms with Crippen molar-refractivity contribution in [2.24, 2.45) is 11.8 Å². The summed E-state index contributed by atoms with van der Waals surface area (Å²) in [6, 6.07) is 0. The standard InChI is InChI=1S/C6H11F/c1-4-3-6(7)5(4)2/h4-6H,3H2,1-2H3. The average molecular weight is 102 g/mol. The summed E-state index contributed by atoms with van der Waals surface area (Å²) < 4.78 is 12.2. The van der Waals surface area contributed by atoms with Gasteiger partial charge in [0, 0.05) is 0 Å². The smallest absolute Gasteiger partial charge is 0.103 e. The molecule has 0 aliphatic heterocycles. The van der Waals surface area contributed by atoms with Crippen LogP contribution in [-0.4, -0.2) is 6.17 Å². The van der Waals surface area contributed by atoms with E-state index < -0.39 is 6.17 Å². The molecule has 7 heavy (non-hydrogen) atoms. The van der Waals surface area contributed by atoms with Gasteiger partial charge in [-0.15, -0.1) is 0 Å². The zero-order valence-corrected chi connectivity index (χ0v) is 4.82. The van der Waals surface area contributed by atoms with Gasteiger partial charge in [-0.1, -0.05) is 13.8 Å². The van der Waals surface area contributed by atoms with Crippen LogP contribution in [0.2, 0.25) is 0 Å². The van der Waals surface area contributed by atoms with Crippen LogP contribution in [0.1, 0.15) is 20.3 Å². The Labute approximate surface area is 43.7 Å². The van der Waals surface area contributed by atoms with Gasteiger partial charge in [-0.25, -0.2) is 4.39 Å². The second kappa shape index (κ2) is 1.46. The predicted octanol–water partition coefficient (Wildman–Crippen LogP) is 2.00. The lowest BCUT2D eigenvalue weighted by Crippen LogP contribution is -2.33. The third kappa shape index (κ3) is 0.644. The van der Waals surface area contributed by atoms with Crippen molar-refractivity contribution in [1.82, 2.24) is 0 Å². The van der Waals surface area contributed by atoms with Crippen molar-refractivity contribution in [1.29, 1.82) is 0 Å². The first-order valence-corrected chi connectivity index (χ1v) is 2.86. The highest BCUT2D eigenvalue weighted by Gasteiger charge is 2.33. The number of hydrogen-bond acceptors (Lipinski definition) is 0. The molecule has 0 aromatic carbocycles. The van der Waals surface area contributed by atoms with E-state index in [1.54, 1.807) is 0 Å². The number of rotatable bonds is 0. The summed E-state index contributed by atoms with van der Waals surface area (Å²) in [5, 5.41) is 0. The maximum absolute atomic E-state index is 12.2. The lowest BCUT2D eigenvalue weighted by Gasteiger charge is -2.34. The Kier molecular flexibility index (Phi) is 1.06. The number of alkyl halides is 1. The first-order chi connectivity index (χ1) is 3.22. The minimum absolute atomic E-state index is 0.333. The maximum atomic E-state index is 12.2. The molecule has 0 N–H and O–H groups in total. The van der Waals surface area contributed by atoms with Crippen LogP contribution < -0.4 is 0 Å². The van der Waals surface area contributed by atoms with Gasteiger partial charge in [-0.05, 0) is 18.3 Å². The van der Waals surface area contributed by atoms with Crippen LogP contribution in [-0.2, 0) is 0 Å². The third-order valence-corrected chi connectivity index (χ3v) is 2.07. The quantitative estimate of drug-likeness (QED) is 0.439. The Morgan fingerprint density at radius 3 is 2.00 bits per heavy atom. The summed E-state index contributed by atoms with van der Waals surface area (Å²) in [6.45, 7) is 4.07. The maximum Gasteiger partial charge on any atom is 0.103 e. The van der Waals surface area contributed by atoms with Gasteiger partial charge in [0.2, 0.25) is 0 Å². The molecule has 0 aromatic heterocycles. The van der Waals surface area contributed by atoms with Crippen LogP contribution in [0, 0.1) is 11.8 Å². The van der Waals surface area contributed by atoms with Crippen LogP contribution in [0.15, 0.2) is 0 Å². The summed E-state index contributed by atoms with van der Waals surface area (Å²) >= 11 is 0. The van der Waals surface area contributed by atoms with Gasteiger partial charge < -0.3 is 0 Å². The van der Waals surface area contributed by atoms with Crippen LogP contribution in [0.4, 0.5) is 4.39 Å². The van der Waals surface area contributed by atoms with E-state index in [1.807, 2.05) is 6.92 Å². The van der Waals surface area contributed by atoms with Crippen LogP contribution >= 0.6 is 0 Å². The van der Waals surface area contributed by atoms with Crippen molar-refractivity contribution in [2.75, 3.05) is 0 Å². The van der Waals surface area contributed by atoms with E-state index in [9.17, 15) is 4.39 Å². The van der Waals surface area contributed by atoms with Gasteiger partial charge in [0.1, 0.15) is 6.17 Å². The molecule has 0 amide bonds. The zero-order valence-electron chi connectivity index (χ0n) is 4.82. The molecule has 1 fully saturated rings. The Morgan fingerprint density at radius 1 is 1.43 bits per heavy atom. The van der Waals surface area contributed by atoms with E-state index in [0.717, 1.165) is 6.42 Å². The fraction of sp³-hybridized carbons (Fsp3) is 1.00. The van der Waals surface area contributed by atoms with Gasteiger partial charge in [0.05, 0.1) is 0 Å². The normalized spacial score (nSPS) is 51.0. The summed E-state index contributed by atoms with van der Waals surface area (Å²) in [5.74, 6) is 0.968. The highest BCUT2D eigenvalue weighted by Crippen LogP contribution is 2.35. The SMILES string of the molecule is CC1CC(F)C1C. The van der Waals surface area contributed by atoms with Gasteiger partial charge in [-0.2, -0.15) is 0 Å². The fourth-order valence-corrected chi connectivity index (χ4v) is 0.945. The molecular weight excluding hydrogens is 91.1 g/mol. The van der Waals surface area contributed by atoms with Crippen molar-refractivity contribution in [2.45, 2.75) is 26.4 Å². The van der Waals surface area contributed by atoms with Crippen LogP contribution in [0.25, 0.3) is 0 Å². The molecule has 3 unspecified atom stereocenters. The van der Waals surface area contributed by atoms with Crippen molar-refractivity contribution in [3.05, 3.63) is 0 Å². The lowest BCUT2D eigenvalue weighted by atomic mass is 9.75.